The summed E-state index contributed by atoms with van der Waals surface area (Å²) < 4.78 is 10.8. The first-order valence-electron chi connectivity index (χ1n) is 8.85. The highest BCUT2D eigenvalue weighted by molar-refractivity contribution is 6.30. The van der Waals surface area contributed by atoms with Crippen LogP contribution in [0.1, 0.15) is 23.6 Å². The van der Waals surface area contributed by atoms with E-state index in [0.29, 0.717) is 18.0 Å². The van der Waals surface area contributed by atoms with Gasteiger partial charge in [-0.1, -0.05) is 29.8 Å². The van der Waals surface area contributed by atoms with E-state index in [0.717, 1.165) is 22.6 Å². The smallest absolute Gasteiger partial charge is 0.251 e. The van der Waals surface area contributed by atoms with Crippen LogP contribution in [0.3, 0.4) is 0 Å². The number of hydrazine groups is 1. The predicted octanol–water partition coefficient (Wildman–Crippen LogP) is 3.20. The van der Waals surface area contributed by atoms with Crippen LogP contribution in [0, 0.1) is 0 Å². The lowest BCUT2D eigenvalue weighted by atomic mass is 10.0. The Morgan fingerprint density at radius 1 is 1.11 bits per heavy atom. The van der Waals surface area contributed by atoms with E-state index in [-0.39, 0.29) is 24.8 Å². The Morgan fingerprint density at radius 3 is 2.89 bits per heavy atom. The van der Waals surface area contributed by atoms with E-state index >= 15 is 0 Å². The number of carbonyl (C=O) groups is 1. The Balaban J connectivity index is 1.32. The number of nitrogens with one attached hydrogen (secondary N) is 1. The lowest BCUT2D eigenvalue weighted by molar-refractivity contribution is -0.134. The first-order valence-corrected chi connectivity index (χ1v) is 9.22. The van der Waals surface area contributed by atoms with Gasteiger partial charge in [-0.25, -0.2) is 5.43 Å². The van der Waals surface area contributed by atoms with E-state index in [4.69, 9.17) is 21.1 Å². The summed E-state index contributed by atoms with van der Waals surface area (Å²) in [6.07, 6.45) is 4.42. The third kappa shape index (κ3) is 3.01. The van der Waals surface area contributed by atoms with Crippen LogP contribution in [-0.2, 0) is 11.3 Å². The molecule has 2 atom stereocenters. The average molecular weight is 384 g/mol. The van der Waals surface area contributed by atoms with E-state index in [9.17, 15) is 4.79 Å². The molecular weight excluding hydrogens is 366 g/mol. The minimum Gasteiger partial charge on any atom is -0.454 e. The van der Waals surface area contributed by atoms with Crippen molar-refractivity contribution in [3.05, 3.63) is 71.0 Å². The normalized spacial score (nSPS) is 23.1. The van der Waals surface area contributed by atoms with Gasteiger partial charge in [-0.15, -0.1) is 0 Å². The molecule has 5 rings (SSSR count). The molecule has 3 heterocycles. The summed E-state index contributed by atoms with van der Waals surface area (Å²) >= 11 is 6.06. The number of ether oxygens (including phenoxy) is 2. The molecule has 0 saturated carbocycles. The van der Waals surface area contributed by atoms with Crippen molar-refractivity contribution >= 4 is 17.5 Å². The Labute approximate surface area is 161 Å². The number of hydrogen-bond donors (Lipinski definition) is 1. The van der Waals surface area contributed by atoms with E-state index in [2.05, 4.69) is 5.43 Å². The second kappa shape index (κ2) is 6.48. The standard InChI is InChI=1S/C20H18ClN3O3/c21-15-3-1-2-13(8-15)11-23-6-7-24-17(20(23)25)10-16(22-24)14-4-5-18-19(9-14)27-12-26-18/h1-9,16-17,22H,10-12H2. The van der Waals surface area contributed by atoms with Gasteiger partial charge in [-0.3, -0.25) is 4.79 Å². The highest BCUT2D eigenvalue weighted by Crippen LogP contribution is 2.37. The lowest BCUT2D eigenvalue weighted by Crippen LogP contribution is -2.47. The zero-order valence-corrected chi connectivity index (χ0v) is 15.2. The fourth-order valence-corrected chi connectivity index (χ4v) is 3.96. The third-order valence-electron chi connectivity index (χ3n) is 5.12. The maximum absolute atomic E-state index is 13.0. The molecule has 3 aliphatic heterocycles. The first-order chi connectivity index (χ1) is 13.2. The molecule has 0 bridgehead atoms. The van der Waals surface area contributed by atoms with Crippen LogP contribution in [0.25, 0.3) is 0 Å². The molecule has 1 saturated heterocycles. The second-order valence-corrected chi connectivity index (χ2v) is 7.28. The van der Waals surface area contributed by atoms with Gasteiger partial charge in [0, 0.05) is 17.4 Å². The number of amides is 1. The molecule has 138 valence electrons. The molecule has 3 aliphatic rings. The minimum atomic E-state index is -0.232. The van der Waals surface area contributed by atoms with Crippen molar-refractivity contribution in [3.63, 3.8) is 0 Å². The van der Waals surface area contributed by atoms with Crippen molar-refractivity contribution in [2.24, 2.45) is 0 Å². The summed E-state index contributed by atoms with van der Waals surface area (Å²) in [4.78, 5) is 14.7. The molecule has 0 aliphatic carbocycles. The van der Waals surface area contributed by atoms with Crippen molar-refractivity contribution in [2.75, 3.05) is 6.79 Å². The number of halogens is 1. The molecule has 1 fully saturated rings. The van der Waals surface area contributed by atoms with Crippen LogP contribution in [0.4, 0.5) is 0 Å². The van der Waals surface area contributed by atoms with Gasteiger partial charge in [0.15, 0.2) is 11.5 Å². The van der Waals surface area contributed by atoms with E-state index in [1.807, 2.05) is 59.9 Å². The minimum absolute atomic E-state index is 0.0456. The fourth-order valence-electron chi connectivity index (χ4n) is 3.75. The van der Waals surface area contributed by atoms with Crippen LogP contribution in [0.5, 0.6) is 11.5 Å². The van der Waals surface area contributed by atoms with E-state index in [1.54, 1.807) is 4.90 Å². The van der Waals surface area contributed by atoms with Crippen LogP contribution in [0.2, 0.25) is 5.02 Å². The molecule has 27 heavy (non-hydrogen) atoms. The molecule has 6 nitrogen and oxygen atoms in total. The summed E-state index contributed by atoms with van der Waals surface area (Å²) in [7, 11) is 0. The van der Waals surface area contributed by atoms with Crippen molar-refractivity contribution in [1.82, 2.24) is 15.3 Å². The molecule has 0 radical (unpaired) electrons. The Kier molecular flexibility index (Phi) is 3.95. The second-order valence-electron chi connectivity index (χ2n) is 6.85. The highest BCUT2D eigenvalue weighted by atomic mass is 35.5. The molecule has 7 heteroatoms. The van der Waals surface area contributed by atoms with Gasteiger partial charge in [0.05, 0.1) is 12.6 Å². The Bertz CT molecular complexity index is 932. The van der Waals surface area contributed by atoms with Crippen LogP contribution in [0.15, 0.2) is 54.9 Å². The number of fused-ring (bicyclic) bond motifs is 2. The number of hydrogen-bond acceptors (Lipinski definition) is 5. The van der Waals surface area contributed by atoms with Crippen molar-refractivity contribution in [3.8, 4) is 11.5 Å². The lowest BCUT2D eigenvalue weighted by Gasteiger charge is -2.31. The Morgan fingerprint density at radius 2 is 2.00 bits per heavy atom. The number of benzene rings is 2. The van der Waals surface area contributed by atoms with Gasteiger partial charge in [-0.05, 0) is 41.8 Å². The van der Waals surface area contributed by atoms with Gasteiger partial charge in [0.1, 0.15) is 6.04 Å². The largest absolute Gasteiger partial charge is 0.454 e. The molecule has 0 spiro atoms. The van der Waals surface area contributed by atoms with Crippen LogP contribution < -0.4 is 14.9 Å². The Hall–Kier alpha value is -2.70. The monoisotopic (exact) mass is 383 g/mol. The van der Waals surface area contributed by atoms with Gasteiger partial charge in [-0.2, -0.15) is 0 Å². The fraction of sp³-hybridized carbons (Fsp3) is 0.250. The predicted molar refractivity (Wildman–Crippen MR) is 99.8 cm³/mol. The van der Waals surface area contributed by atoms with Crippen LogP contribution in [-0.4, -0.2) is 28.7 Å². The van der Waals surface area contributed by atoms with Gasteiger partial charge in [0.25, 0.3) is 5.91 Å². The maximum atomic E-state index is 13.0. The van der Waals surface area contributed by atoms with Crippen molar-refractivity contribution in [1.29, 1.82) is 0 Å². The first kappa shape index (κ1) is 16.5. The van der Waals surface area contributed by atoms with Gasteiger partial charge < -0.3 is 19.4 Å². The third-order valence-corrected chi connectivity index (χ3v) is 5.35. The van der Waals surface area contributed by atoms with Gasteiger partial charge in [0.2, 0.25) is 6.79 Å². The molecule has 2 unspecified atom stereocenters. The molecule has 2 aromatic carbocycles. The van der Waals surface area contributed by atoms with Crippen LogP contribution >= 0.6 is 11.6 Å². The quantitative estimate of drug-likeness (QED) is 0.882. The topological polar surface area (TPSA) is 54.0 Å². The molecule has 1 N–H and O–H groups in total. The van der Waals surface area contributed by atoms with Crippen molar-refractivity contribution in [2.45, 2.75) is 25.0 Å². The van der Waals surface area contributed by atoms with Gasteiger partial charge >= 0.3 is 0 Å². The number of nitrogens with zero attached hydrogens (tertiary/aromatic N) is 2. The molecule has 0 aromatic heterocycles. The SMILES string of the molecule is O=C1C2CC(c3ccc4c(c3)OCO4)NN2C=CN1Cc1cccc(Cl)c1. The number of rotatable bonds is 3. The van der Waals surface area contributed by atoms with E-state index < -0.39 is 0 Å². The van der Waals surface area contributed by atoms with Crippen molar-refractivity contribution < 1.29 is 14.3 Å². The summed E-state index contributed by atoms with van der Waals surface area (Å²) in [5.41, 5.74) is 5.49. The summed E-state index contributed by atoms with van der Waals surface area (Å²) in [5, 5.41) is 2.57. The number of carbonyl (C=O) groups excluding carboxylic acids is 1. The highest BCUT2D eigenvalue weighted by Gasteiger charge is 2.40. The summed E-state index contributed by atoms with van der Waals surface area (Å²) in [6.45, 7) is 0.764. The molecular formula is C20H18ClN3O3. The summed E-state index contributed by atoms with van der Waals surface area (Å²) in [5.74, 6) is 1.59. The molecule has 2 aromatic rings. The summed E-state index contributed by atoms with van der Waals surface area (Å²) in [6, 6.07) is 13.3. The zero-order chi connectivity index (χ0) is 18.4. The van der Waals surface area contributed by atoms with E-state index in [1.165, 1.54) is 0 Å². The zero-order valence-electron chi connectivity index (χ0n) is 14.5. The average Bonchev–Trinajstić information content (AvgIpc) is 3.30. The molecule has 1 amide bonds. The maximum Gasteiger partial charge on any atom is 0.251 e.